The molecule has 6 heteroatoms. The molecule has 0 aliphatic carbocycles. The molecule has 2 aromatic rings. The quantitative estimate of drug-likeness (QED) is 0.764. The minimum Gasteiger partial charge on any atom is -0.396 e. The summed E-state index contributed by atoms with van der Waals surface area (Å²) in [4.78, 5) is 1.47. The Hall–Kier alpha value is -1.27. The van der Waals surface area contributed by atoms with Gasteiger partial charge in [-0.2, -0.15) is 0 Å². The molecule has 0 spiro atoms. The van der Waals surface area contributed by atoms with E-state index >= 15 is 0 Å². The summed E-state index contributed by atoms with van der Waals surface area (Å²) >= 11 is 1.54. The van der Waals surface area contributed by atoms with Gasteiger partial charge in [0.05, 0.1) is 6.61 Å². The number of tetrazole rings is 1. The average molecular weight is 196 g/mol. The summed E-state index contributed by atoms with van der Waals surface area (Å²) in [6.07, 6.45) is 0.450. The van der Waals surface area contributed by atoms with Gasteiger partial charge in [0.25, 0.3) is 0 Å². The van der Waals surface area contributed by atoms with Gasteiger partial charge < -0.3 is 5.11 Å². The van der Waals surface area contributed by atoms with E-state index in [0.29, 0.717) is 12.2 Å². The summed E-state index contributed by atoms with van der Waals surface area (Å²) in [7, 11) is 0. The minimum absolute atomic E-state index is 0.0517. The Bertz CT molecular complexity index is 370. The van der Waals surface area contributed by atoms with Gasteiger partial charge in [-0.1, -0.05) is 0 Å². The second kappa shape index (κ2) is 3.63. The van der Waals surface area contributed by atoms with Crippen molar-refractivity contribution in [2.45, 2.75) is 6.42 Å². The molecule has 0 aromatic carbocycles. The molecule has 13 heavy (non-hydrogen) atoms. The topological polar surface area (TPSA) is 63.8 Å². The third-order valence-corrected chi connectivity index (χ3v) is 2.33. The summed E-state index contributed by atoms with van der Waals surface area (Å²) in [5.41, 5.74) is 0. The first kappa shape index (κ1) is 8.33. The number of aliphatic hydroxyl groups excluding tert-OH is 1. The van der Waals surface area contributed by atoms with Crippen LogP contribution >= 0.6 is 11.3 Å². The van der Waals surface area contributed by atoms with Gasteiger partial charge in [-0.3, -0.25) is 0 Å². The zero-order chi connectivity index (χ0) is 9.10. The van der Waals surface area contributed by atoms with E-state index in [0.717, 1.165) is 5.00 Å². The van der Waals surface area contributed by atoms with Crippen molar-refractivity contribution in [2.75, 3.05) is 6.61 Å². The molecule has 2 aromatic heterocycles. The van der Waals surface area contributed by atoms with Crippen molar-refractivity contribution in [3.05, 3.63) is 23.3 Å². The van der Waals surface area contributed by atoms with Crippen LogP contribution in [-0.4, -0.2) is 31.9 Å². The lowest BCUT2D eigenvalue weighted by Crippen LogP contribution is -1.97. The summed E-state index contributed by atoms with van der Waals surface area (Å²) < 4.78 is 0. The third kappa shape index (κ3) is 1.73. The van der Waals surface area contributed by atoms with Crippen LogP contribution in [0.1, 0.15) is 5.82 Å². The predicted molar refractivity (Wildman–Crippen MR) is 47.8 cm³/mol. The summed E-state index contributed by atoms with van der Waals surface area (Å²) in [6, 6.07) is 3.84. The lowest BCUT2D eigenvalue weighted by atomic mass is 10.4. The molecule has 1 N–H and O–H groups in total. The van der Waals surface area contributed by atoms with Crippen LogP contribution in [0.25, 0.3) is 5.00 Å². The first-order valence-corrected chi connectivity index (χ1v) is 4.72. The fourth-order valence-electron chi connectivity index (χ4n) is 0.920. The number of hydrogen-bond donors (Lipinski definition) is 1. The summed E-state index contributed by atoms with van der Waals surface area (Å²) in [6.45, 7) is 0.0517. The number of nitrogens with zero attached hydrogens (tertiary/aromatic N) is 4. The van der Waals surface area contributed by atoms with E-state index < -0.39 is 0 Å². The monoisotopic (exact) mass is 196 g/mol. The molecule has 68 valence electrons. The normalized spacial score (nSPS) is 10.5. The van der Waals surface area contributed by atoms with Crippen LogP contribution in [-0.2, 0) is 6.42 Å². The van der Waals surface area contributed by atoms with Crippen molar-refractivity contribution in [1.82, 2.24) is 20.2 Å². The van der Waals surface area contributed by atoms with E-state index in [1.54, 1.807) is 11.3 Å². The van der Waals surface area contributed by atoms with Crippen LogP contribution < -0.4 is 0 Å². The second-order valence-corrected chi connectivity index (χ2v) is 3.35. The van der Waals surface area contributed by atoms with Crippen LogP contribution in [0.3, 0.4) is 0 Å². The smallest absolute Gasteiger partial charge is 0.177 e. The fraction of sp³-hybridized carbons (Fsp3) is 0.286. The Morgan fingerprint density at radius 2 is 2.46 bits per heavy atom. The summed E-state index contributed by atoms with van der Waals surface area (Å²) in [5.74, 6) is 0.566. The number of aromatic nitrogens is 4. The molecule has 0 bridgehead atoms. The van der Waals surface area contributed by atoms with E-state index in [1.807, 2.05) is 17.5 Å². The van der Waals surface area contributed by atoms with Gasteiger partial charge >= 0.3 is 0 Å². The predicted octanol–water partition coefficient (Wildman–Crippen LogP) is 0.259. The average Bonchev–Trinajstić information content (AvgIpc) is 2.70. The zero-order valence-corrected chi connectivity index (χ0v) is 7.61. The molecule has 0 saturated carbocycles. The first-order valence-electron chi connectivity index (χ1n) is 3.84. The van der Waals surface area contributed by atoms with Crippen molar-refractivity contribution < 1.29 is 5.11 Å². The zero-order valence-electron chi connectivity index (χ0n) is 6.79. The maximum Gasteiger partial charge on any atom is 0.177 e. The minimum atomic E-state index is 0.0517. The number of aliphatic hydroxyl groups is 1. The van der Waals surface area contributed by atoms with Gasteiger partial charge in [-0.15, -0.1) is 26.3 Å². The molecule has 0 aliphatic heterocycles. The highest BCUT2D eigenvalue weighted by Gasteiger charge is 2.03. The Balaban J connectivity index is 2.23. The van der Waals surface area contributed by atoms with Crippen molar-refractivity contribution in [3.63, 3.8) is 0 Å². The fourth-order valence-corrected chi connectivity index (χ4v) is 1.55. The lowest BCUT2D eigenvalue weighted by molar-refractivity contribution is 0.296. The highest BCUT2D eigenvalue weighted by Crippen LogP contribution is 2.11. The van der Waals surface area contributed by atoms with Crippen molar-refractivity contribution in [3.8, 4) is 5.00 Å². The second-order valence-electron chi connectivity index (χ2n) is 2.42. The molecular formula is C7H8N4OS. The molecule has 0 saturated heterocycles. The molecule has 2 rings (SSSR count). The molecule has 0 aliphatic rings. The Kier molecular flexibility index (Phi) is 2.33. The summed E-state index contributed by atoms with van der Waals surface area (Å²) in [5, 5.41) is 23.3. The highest BCUT2D eigenvalue weighted by atomic mass is 32.1. The molecule has 5 nitrogen and oxygen atoms in total. The maximum atomic E-state index is 8.65. The number of rotatable bonds is 3. The van der Waals surface area contributed by atoms with Crippen LogP contribution in [0.15, 0.2) is 17.5 Å². The van der Waals surface area contributed by atoms with E-state index in [9.17, 15) is 0 Å². The van der Waals surface area contributed by atoms with Crippen LogP contribution in [0.5, 0.6) is 0 Å². The van der Waals surface area contributed by atoms with Crippen molar-refractivity contribution in [1.29, 1.82) is 0 Å². The van der Waals surface area contributed by atoms with E-state index in [1.165, 1.54) is 4.80 Å². The van der Waals surface area contributed by atoms with Gasteiger partial charge in [-0.25, -0.2) is 0 Å². The van der Waals surface area contributed by atoms with Gasteiger partial charge in [0, 0.05) is 6.42 Å². The lowest BCUT2D eigenvalue weighted by Gasteiger charge is -1.89. The third-order valence-electron chi connectivity index (χ3n) is 1.49. The first-order chi connectivity index (χ1) is 6.40. The Labute approximate surface area is 78.6 Å². The van der Waals surface area contributed by atoms with Gasteiger partial charge in [0.2, 0.25) is 0 Å². The largest absolute Gasteiger partial charge is 0.396 e. The van der Waals surface area contributed by atoms with Crippen LogP contribution in [0.2, 0.25) is 0 Å². The van der Waals surface area contributed by atoms with Crippen LogP contribution in [0.4, 0.5) is 0 Å². The van der Waals surface area contributed by atoms with Crippen LogP contribution in [0, 0.1) is 0 Å². The molecule has 0 amide bonds. The van der Waals surface area contributed by atoms with Gasteiger partial charge in [0.1, 0.15) is 5.00 Å². The van der Waals surface area contributed by atoms with Gasteiger partial charge in [-0.05, 0) is 22.7 Å². The number of hydrogen-bond acceptors (Lipinski definition) is 5. The van der Waals surface area contributed by atoms with E-state index in [4.69, 9.17) is 5.11 Å². The SMILES string of the molecule is OCCc1nnn(-c2cccs2)n1. The van der Waals surface area contributed by atoms with E-state index in [2.05, 4.69) is 15.4 Å². The van der Waals surface area contributed by atoms with E-state index in [-0.39, 0.29) is 6.61 Å². The molecular weight excluding hydrogens is 188 g/mol. The maximum absolute atomic E-state index is 8.65. The molecule has 0 fully saturated rings. The molecule has 2 heterocycles. The Morgan fingerprint density at radius 3 is 3.15 bits per heavy atom. The van der Waals surface area contributed by atoms with Crippen molar-refractivity contribution >= 4 is 11.3 Å². The standard InChI is InChI=1S/C7H8N4OS/c12-4-3-6-8-10-11(9-6)7-2-1-5-13-7/h1-2,5,12H,3-4H2. The Morgan fingerprint density at radius 1 is 1.54 bits per heavy atom. The highest BCUT2D eigenvalue weighted by molar-refractivity contribution is 7.12. The molecule has 0 radical (unpaired) electrons. The number of thiophene rings is 1. The van der Waals surface area contributed by atoms with Gasteiger partial charge in [0.15, 0.2) is 5.82 Å². The van der Waals surface area contributed by atoms with Crippen molar-refractivity contribution in [2.24, 2.45) is 0 Å². The molecule has 0 atom stereocenters. The molecule has 0 unspecified atom stereocenters.